The van der Waals surface area contributed by atoms with E-state index in [1.54, 1.807) is 0 Å². The Hall–Kier alpha value is -0.630. The molecule has 0 radical (unpaired) electrons. The van der Waals surface area contributed by atoms with Crippen molar-refractivity contribution in [3.8, 4) is 0 Å². The Morgan fingerprint density at radius 1 is 1.26 bits per heavy atom. The van der Waals surface area contributed by atoms with E-state index >= 15 is 0 Å². The molecule has 0 spiro atoms. The van der Waals surface area contributed by atoms with E-state index in [1.807, 2.05) is 0 Å². The van der Waals surface area contributed by atoms with Crippen LogP contribution in [-0.4, -0.2) is 34.9 Å². The van der Waals surface area contributed by atoms with Crippen molar-refractivity contribution in [3.05, 3.63) is 29.3 Å². The van der Waals surface area contributed by atoms with Crippen LogP contribution >= 0.6 is 11.6 Å². The van der Waals surface area contributed by atoms with Crippen LogP contribution in [-0.2, 0) is 24.1 Å². The molecule has 5 nitrogen and oxygen atoms in total. The molecule has 0 amide bonds. The Morgan fingerprint density at radius 2 is 1.89 bits per heavy atom. The highest BCUT2D eigenvalue weighted by Crippen LogP contribution is 2.21. The monoisotopic (exact) mass is 324 g/mol. The molecule has 0 aromatic heterocycles. The summed E-state index contributed by atoms with van der Waals surface area (Å²) < 4.78 is 51.1. The van der Waals surface area contributed by atoms with E-state index in [4.69, 9.17) is 15.8 Å². The average molecular weight is 325 g/mol. The number of halogens is 1. The number of sulfone groups is 1. The van der Waals surface area contributed by atoms with Crippen LogP contribution in [0.1, 0.15) is 6.42 Å². The van der Waals surface area contributed by atoms with Gasteiger partial charge in [-0.25, -0.2) is 8.42 Å². The molecule has 1 unspecified atom stereocenters. The van der Waals surface area contributed by atoms with Gasteiger partial charge in [-0.3, -0.25) is 4.18 Å². The van der Waals surface area contributed by atoms with Gasteiger partial charge < -0.3 is 0 Å². The molecule has 0 N–H and O–H groups in total. The van der Waals surface area contributed by atoms with Crippen molar-refractivity contribution in [2.24, 2.45) is 5.92 Å². The van der Waals surface area contributed by atoms with Gasteiger partial charge in [-0.05, 0) is 36.6 Å². The van der Waals surface area contributed by atoms with Crippen LogP contribution in [0.5, 0.6) is 0 Å². The van der Waals surface area contributed by atoms with Gasteiger partial charge in [0.25, 0.3) is 10.1 Å². The first kappa shape index (κ1) is 14.8. The summed E-state index contributed by atoms with van der Waals surface area (Å²) in [6, 6.07) is 5.61. The van der Waals surface area contributed by atoms with Crippen LogP contribution in [0.4, 0.5) is 0 Å². The average Bonchev–Trinajstić information content (AvgIpc) is 2.67. The molecule has 1 aliphatic rings. The summed E-state index contributed by atoms with van der Waals surface area (Å²) in [6.45, 7) is -0.107. The van der Waals surface area contributed by atoms with Gasteiger partial charge in [-0.1, -0.05) is 11.6 Å². The highest BCUT2D eigenvalue weighted by molar-refractivity contribution is 7.91. The Balaban J connectivity index is 2.01. The lowest BCUT2D eigenvalue weighted by Gasteiger charge is -2.09. The number of benzene rings is 1. The van der Waals surface area contributed by atoms with Gasteiger partial charge in [-0.15, -0.1) is 0 Å². The van der Waals surface area contributed by atoms with Crippen molar-refractivity contribution in [2.45, 2.75) is 11.3 Å². The lowest BCUT2D eigenvalue weighted by Crippen LogP contribution is -2.16. The zero-order valence-electron chi connectivity index (χ0n) is 9.95. The Morgan fingerprint density at radius 3 is 2.42 bits per heavy atom. The summed E-state index contributed by atoms with van der Waals surface area (Å²) in [7, 11) is -6.88. The van der Waals surface area contributed by atoms with Gasteiger partial charge in [-0.2, -0.15) is 8.42 Å². The van der Waals surface area contributed by atoms with Crippen molar-refractivity contribution < 1.29 is 21.0 Å². The number of rotatable bonds is 4. The van der Waals surface area contributed by atoms with E-state index in [-0.39, 0.29) is 28.9 Å². The fourth-order valence-electron chi connectivity index (χ4n) is 1.86. The molecular weight excluding hydrogens is 312 g/mol. The molecule has 1 fully saturated rings. The molecule has 1 aromatic carbocycles. The third-order valence-corrected chi connectivity index (χ3v) is 6.27. The molecule has 2 rings (SSSR count). The van der Waals surface area contributed by atoms with Crippen LogP contribution in [0.15, 0.2) is 29.2 Å². The molecule has 106 valence electrons. The van der Waals surface area contributed by atoms with E-state index in [1.165, 1.54) is 24.3 Å². The molecular formula is C11H13ClO5S2. The fourth-order valence-corrected chi connectivity index (χ4v) is 4.80. The molecule has 1 aliphatic heterocycles. The van der Waals surface area contributed by atoms with E-state index in [0.29, 0.717) is 11.4 Å². The standard InChI is InChI=1S/C11H13ClO5S2/c12-10-1-3-11(4-2-10)19(15,16)17-7-9-5-6-18(13,14)8-9/h1-4,9H,5-8H2. The highest BCUT2D eigenvalue weighted by Gasteiger charge is 2.29. The van der Waals surface area contributed by atoms with Gasteiger partial charge in [0.2, 0.25) is 0 Å². The van der Waals surface area contributed by atoms with Crippen molar-refractivity contribution >= 4 is 31.6 Å². The van der Waals surface area contributed by atoms with Crippen LogP contribution in [0.2, 0.25) is 5.02 Å². The largest absolute Gasteiger partial charge is 0.296 e. The third-order valence-electron chi connectivity index (χ3n) is 2.89. The van der Waals surface area contributed by atoms with E-state index in [9.17, 15) is 16.8 Å². The lowest BCUT2D eigenvalue weighted by molar-refractivity contribution is 0.268. The second-order valence-electron chi connectivity index (χ2n) is 4.46. The normalized spacial score (nSPS) is 22.5. The Kier molecular flexibility index (Phi) is 4.20. The Bertz CT molecular complexity index is 649. The fraction of sp³-hybridized carbons (Fsp3) is 0.455. The minimum atomic E-state index is -3.86. The van der Waals surface area contributed by atoms with Gasteiger partial charge >= 0.3 is 0 Å². The molecule has 1 atom stereocenters. The second kappa shape index (κ2) is 5.40. The quantitative estimate of drug-likeness (QED) is 0.784. The maximum atomic E-state index is 11.8. The maximum Gasteiger partial charge on any atom is 0.296 e. The van der Waals surface area contributed by atoms with Crippen LogP contribution in [0, 0.1) is 5.92 Å². The topological polar surface area (TPSA) is 77.5 Å². The van der Waals surface area contributed by atoms with Crippen LogP contribution in [0.25, 0.3) is 0 Å². The molecule has 1 saturated heterocycles. The van der Waals surface area contributed by atoms with Gasteiger partial charge in [0.1, 0.15) is 0 Å². The van der Waals surface area contributed by atoms with Crippen molar-refractivity contribution in [1.29, 1.82) is 0 Å². The summed E-state index contributed by atoms with van der Waals surface area (Å²) in [5.74, 6) is -0.169. The molecule has 0 aliphatic carbocycles. The molecule has 1 aromatic rings. The first-order chi connectivity index (χ1) is 8.78. The number of hydrogen-bond acceptors (Lipinski definition) is 5. The minimum Gasteiger partial charge on any atom is -0.266 e. The molecule has 1 heterocycles. The molecule has 8 heteroatoms. The SMILES string of the molecule is O=S1(=O)CCC(COS(=O)(=O)c2ccc(Cl)cc2)C1. The van der Waals surface area contributed by atoms with E-state index in [2.05, 4.69) is 0 Å². The van der Waals surface area contributed by atoms with Gasteiger partial charge in [0.05, 0.1) is 23.0 Å². The zero-order chi connectivity index (χ0) is 14.1. The van der Waals surface area contributed by atoms with E-state index in [0.717, 1.165) is 0 Å². The van der Waals surface area contributed by atoms with Crippen molar-refractivity contribution in [3.63, 3.8) is 0 Å². The maximum absolute atomic E-state index is 11.8. The zero-order valence-corrected chi connectivity index (χ0v) is 12.3. The first-order valence-corrected chi connectivity index (χ1v) is 9.25. The molecule has 0 saturated carbocycles. The predicted molar refractivity (Wildman–Crippen MR) is 71.4 cm³/mol. The summed E-state index contributed by atoms with van der Waals surface area (Å²) in [5.41, 5.74) is 0. The van der Waals surface area contributed by atoms with Crippen molar-refractivity contribution in [2.75, 3.05) is 18.1 Å². The number of hydrogen-bond donors (Lipinski definition) is 0. The molecule has 19 heavy (non-hydrogen) atoms. The second-order valence-corrected chi connectivity index (χ2v) is 8.74. The van der Waals surface area contributed by atoms with Crippen molar-refractivity contribution in [1.82, 2.24) is 0 Å². The smallest absolute Gasteiger partial charge is 0.266 e. The third kappa shape index (κ3) is 3.92. The van der Waals surface area contributed by atoms with Gasteiger partial charge in [0, 0.05) is 5.02 Å². The first-order valence-electron chi connectivity index (χ1n) is 5.64. The van der Waals surface area contributed by atoms with Crippen LogP contribution in [0.3, 0.4) is 0 Å². The lowest BCUT2D eigenvalue weighted by atomic mass is 10.1. The summed E-state index contributed by atoms with van der Waals surface area (Å²) in [4.78, 5) is 0.0118. The van der Waals surface area contributed by atoms with E-state index < -0.39 is 20.0 Å². The minimum absolute atomic E-state index is 0.0108. The summed E-state index contributed by atoms with van der Waals surface area (Å²) in [6.07, 6.45) is 0.443. The summed E-state index contributed by atoms with van der Waals surface area (Å²) >= 11 is 5.67. The van der Waals surface area contributed by atoms with Crippen LogP contribution < -0.4 is 0 Å². The summed E-state index contributed by atoms with van der Waals surface area (Å²) in [5, 5.41) is 0.431. The Labute approximate surface area is 117 Å². The highest BCUT2D eigenvalue weighted by atomic mass is 35.5. The predicted octanol–water partition coefficient (Wildman–Crippen LogP) is 1.48. The molecule has 0 bridgehead atoms. The van der Waals surface area contributed by atoms with Gasteiger partial charge in [0.15, 0.2) is 9.84 Å².